The second kappa shape index (κ2) is 3.78. The number of fused-ring (bicyclic) bond motifs is 1. The van der Waals surface area contributed by atoms with Crippen LogP contribution in [0.2, 0.25) is 0 Å². The zero-order valence-electron chi connectivity index (χ0n) is 9.23. The van der Waals surface area contributed by atoms with E-state index < -0.39 is 6.04 Å². The summed E-state index contributed by atoms with van der Waals surface area (Å²) in [6.07, 6.45) is 4.87. The van der Waals surface area contributed by atoms with Crippen molar-refractivity contribution in [1.29, 1.82) is 0 Å². The molecule has 2 N–H and O–H groups in total. The van der Waals surface area contributed by atoms with Crippen molar-refractivity contribution in [1.82, 2.24) is 20.8 Å². The summed E-state index contributed by atoms with van der Waals surface area (Å²) in [7, 11) is 0. The van der Waals surface area contributed by atoms with Crippen molar-refractivity contribution in [2.24, 2.45) is 0 Å². The third-order valence-electron chi connectivity index (χ3n) is 2.91. The van der Waals surface area contributed by atoms with Crippen LogP contribution >= 0.6 is 0 Å². The van der Waals surface area contributed by atoms with Crippen LogP contribution in [0.5, 0.6) is 0 Å². The Kier molecular flexibility index (Phi) is 2.26. The molecule has 1 unspecified atom stereocenters. The van der Waals surface area contributed by atoms with E-state index in [-0.39, 0.29) is 5.91 Å². The Morgan fingerprint density at radius 2 is 2.29 bits per heavy atom. The number of amides is 1. The van der Waals surface area contributed by atoms with Crippen molar-refractivity contribution in [3.63, 3.8) is 0 Å². The van der Waals surface area contributed by atoms with Gasteiger partial charge in [0.2, 0.25) is 5.91 Å². The first kappa shape index (κ1) is 10.2. The molecule has 1 aromatic rings. The molecule has 17 heavy (non-hydrogen) atoms. The molecule has 1 saturated heterocycles. The summed E-state index contributed by atoms with van der Waals surface area (Å²) in [4.78, 5) is 11.8. The molecular weight excluding hydrogens is 216 g/mol. The predicted molar refractivity (Wildman–Crippen MR) is 62.8 cm³/mol. The van der Waals surface area contributed by atoms with Crippen LogP contribution in [0.4, 0.5) is 0 Å². The maximum absolute atomic E-state index is 11.8. The zero-order valence-corrected chi connectivity index (χ0v) is 9.23. The lowest BCUT2D eigenvalue weighted by molar-refractivity contribution is -0.123. The zero-order chi connectivity index (χ0) is 11.8. The molecule has 0 aromatic carbocycles. The smallest absolute Gasteiger partial charge is 0.247 e. The van der Waals surface area contributed by atoms with Crippen LogP contribution in [0.3, 0.4) is 0 Å². The van der Waals surface area contributed by atoms with E-state index in [9.17, 15) is 4.79 Å². The van der Waals surface area contributed by atoms with Gasteiger partial charge in [-0.15, -0.1) is 0 Å². The van der Waals surface area contributed by atoms with E-state index in [4.69, 9.17) is 0 Å². The van der Waals surface area contributed by atoms with Gasteiger partial charge in [-0.25, -0.2) is 0 Å². The minimum atomic E-state index is -0.438. The van der Waals surface area contributed by atoms with Crippen molar-refractivity contribution >= 4 is 12.0 Å². The summed E-state index contributed by atoms with van der Waals surface area (Å²) in [5.41, 5.74) is 3.35. The lowest BCUT2D eigenvalue weighted by Crippen LogP contribution is -2.45. The van der Waals surface area contributed by atoms with E-state index in [0.29, 0.717) is 17.9 Å². The summed E-state index contributed by atoms with van der Waals surface area (Å²) in [5, 5.41) is 14.0. The number of carbonyl (C=O) groups excluding carboxylic acids is 1. The van der Waals surface area contributed by atoms with E-state index in [1.165, 1.54) is 0 Å². The van der Waals surface area contributed by atoms with Crippen LogP contribution in [-0.4, -0.2) is 22.6 Å². The monoisotopic (exact) mass is 228 g/mol. The standard InChI is InChI=1S/C12H12N4O/c1-7-6-13-11(12(17)14-7)10-5-8-3-2-4-9(8)15-16-10/h2-3,5,11,13H,1,4,6H2,(H,14,17). The molecule has 0 radical (unpaired) electrons. The molecule has 3 rings (SSSR count). The second-order valence-electron chi connectivity index (χ2n) is 4.18. The molecule has 1 amide bonds. The Bertz CT molecular complexity index is 535. The van der Waals surface area contributed by atoms with Gasteiger partial charge in [0.05, 0.1) is 11.4 Å². The minimum Gasteiger partial charge on any atom is -0.327 e. The summed E-state index contributed by atoms with van der Waals surface area (Å²) >= 11 is 0. The van der Waals surface area contributed by atoms with Crippen molar-refractivity contribution in [2.75, 3.05) is 6.54 Å². The van der Waals surface area contributed by atoms with E-state index in [0.717, 1.165) is 17.7 Å². The number of nitrogens with zero attached hydrogens (tertiary/aromatic N) is 2. The van der Waals surface area contributed by atoms with Crippen LogP contribution in [0.25, 0.3) is 6.08 Å². The molecule has 0 saturated carbocycles. The Balaban J connectivity index is 1.91. The first-order valence-corrected chi connectivity index (χ1v) is 5.49. The number of carbonyl (C=O) groups is 1. The number of hydrogen-bond donors (Lipinski definition) is 2. The molecule has 0 spiro atoms. The van der Waals surface area contributed by atoms with Crippen molar-refractivity contribution in [2.45, 2.75) is 12.5 Å². The maximum Gasteiger partial charge on any atom is 0.247 e. The van der Waals surface area contributed by atoms with Crippen LogP contribution in [0.15, 0.2) is 24.4 Å². The average Bonchev–Trinajstić information content (AvgIpc) is 2.75. The van der Waals surface area contributed by atoms with Gasteiger partial charge >= 0.3 is 0 Å². The fourth-order valence-corrected chi connectivity index (χ4v) is 2.04. The highest BCUT2D eigenvalue weighted by molar-refractivity contribution is 5.85. The highest BCUT2D eigenvalue weighted by Crippen LogP contribution is 2.21. The van der Waals surface area contributed by atoms with Crippen molar-refractivity contribution in [3.8, 4) is 0 Å². The highest BCUT2D eigenvalue weighted by atomic mass is 16.2. The van der Waals surface area contributed by atoms with Gasteiger partial charge in [-0.05, 0) is 11.6 Å². The predicted octanol–water partition coefficient (Wildman–Crippen LogP) is 0.320. The normalized spacial score (nSPS) is 22.5. The van der Waals surface area contributed by atoms with Crippen LogP contribution < -0.4 is 10.6 Å². The molecule has 1 atom stereocenters. The van der Waals surface area contributed by atoms with E-state index >= 15 is 0 Å². The fourth-order valence-electron chi connectivity index (χ4n) is 2.04. The van der Waals surface area contributed by atoms with E-state index in [1.807, 2.05) is 18.2 Å². The lowest BCUT2D eigenvalue weighted by atomic mass is 10.1. The van der Waals surface area contributed by atoms with Gasteiger partial charge in [-0.3, -0.25) is 10.1 Å². The van der Waals surface area contributed by atoms with Gasteiger partial charge in [0.1, 0.15) is 6.04 Å². The average molecular weight is 228 g/mol. The summed E-state index contributed by atoms with van der Waals surface area (Å²) in [6.45, 7) is 4.27. The number of nitrogens with one attached hydrogen (secondary N) is 2. The number of hydrogen-bond acceptors (Lipinski definition) is 4. The van der Waals surface area contributed by atoms with Gasteiger partial charge in [0, 0.05) is 18.7 Å². The number of rotatable bonds is 1. The molecule has 2 aliphatic rings. The topological polar surface area (TPSA) is 66.9 Å². The van der Waals surface area contributed by atoms with Gasteiger partial charge in [-0.2, -0.15) is 10.2 Å². The Morgan fingerprint density at radius 3 is 3.12 bits per heavy atom. The lowest BCUT2D eigenvalue weighted by Gasteiger charge is -2.24. The minimum absolute atomic E-state index is 0.127. The molecule has 2 heterocycles. The molecule has 5 heteroatoms. The number of allylic oxidation sites excluding steroid dienone is 1. The van der Waals surface area contributed by atoms with Gasteiger partial charge in [0.15, 0.2) is 0 Å². The largest absolute Gasteiger partial charge is 0.327 e. The molecule has 86 valence electrons. The molecule has 1 aromatic heterocycles. The van der Waals surface area contributed by atoms with Crippen molar-refractivity contribution < 1.29 is 4.79 Å². The van der Waals surface area contributed by atoms with Gasteiger partial charge < -0.3 is 5.32 Å². The first-order chi connectivity index (χ1) is 8.24. The van der Waals surface area contributed by atoms with Crippen LogP contribution in [0, 0.1) is 0 Å². The first-order valence-electron chi connectivity index (χ1n) is 5.49. The molecule has 5 nitrogen and oxygen atoms in total. The van der Waals surface area contributed by atoms with Crippen LogP contribution in [-0.2, 0) is 11.2 Å². The third kappa shape index (κ3) is 1.74. The summed E-state index contributed by atoms with van der Waals surface area (Å²) < 4.78 is 0. The Labute approximate surface area is 98.6 Å². The molecule has 0 bridgehead atoms. The third-order valence-corrected chi connectivity index (χ3v) is 2.91. The van der Waals surface area contributed by atoms with Crippen LogP contribution in [0.1, 0.15) is 23.0 Å². The van der Waals surface area contributed by atoms with E-state index in [1.54, 1.807) is 0 Å². The summed E-state index contributed by atoms with van der Waals surface area (Å²) in [6, 6.07) is 1.48. The fraction of sp³-hybridized carbons (Fsp3) is 0.250. The van der Waals surface area contributed by atoms with Gasteiger partial charge in [0.25, 0.3) is 0 Å². The quantitative estimate of drug-likeness (QED) is 0.726. The number of aromatic nitrogens is 2. The second-order valence-corrected chi connectivity index (χ2v) is 4.18. The Hall–Kier alpha value is -2.01. The maximum atomic E-state index is 11.8. The highest BCUT2D eigenvalue weighted by Gasteiger charge is 2.27. The van der Waals surface area contributed by atoms with Gasteiger partial charge in [-0.1, -0.05) is 18.7 Å². The molecular formula is C12H12N4O. The number of piperazine rings is 1. The Morgan fingerprint density at radius 1 is 1.41 bits per heavy atom. The molecule has 1 aliphatic carbocycles. The van der Waals surface area contributed by atoms with Crippen molar-refractivity contribution in [3.05, 3.63) is 41.4 Å². The summed E-state index contributed by atoms with van der Waals surface area (Å²) in [5.74, 6) is -0.127. The molecule has 1 fully saturated rings. The SMILES string of the molecule is C=C1CNC(c2cc3c(nn2)CC=C3)C(=O)N1. The van der Waals surface area contributed by atoms with E-state index in [2.05, 4.69) is 27.4 Å². The molecule has 1 aliphatic heterocycles.